The number of hydrazone groups is 1. The zero-order valence-electron chi connectivity index (χ0n) is 19.3. The molecule has 2 aromatic carbocycles. The van der Waals surface area contributed by atoms with Crippen LogP contribution in [0.1, 0.15) is 28.1 Å². The summed E-state index contributed by atoms with van der Waals surface area (Å²) in [4.78, 5) is 17.1. The van der Waals surface area contributed by atoms with Crippen molar-refractivity contribution in [2.24, 2.45) is 10.1 Å². The van der Waals surface area contributed by atoms with E-state index in [0.29, 0.717) is 5.17 Å². The number of benzene rings is 2. The molecule has 3 heterocycles. The number of hydrogen-bond donors (Lipinski definition) is 1. The highest BCUT2D eigenvalue weighted by molar-refractivity contribution is 8.27. The minimum absolute atomic E-state index is 0.0272. The van der Waals surface area contributed by atoms with Gasteiger partial charge in [0.1, 0.15) is 10.8 Å². The summed E-state index contributed by atoms with van der Waals surface area (Å²) in [5.41, 5.74) is 6.11. The molecule has 1 amide bonds. The molecule has 2 aliphatic heterocycles. The average Bonchev–Trinajstić information content (AvgIpc) is 3.37. The van der Waals surface area contributed by atoms with Crippen LogP contribution in [0, 0.1) is 26.2 Å². The second kappa shape index (κ2) is 8.46. The number of nitrogens with one attached hydrogen (secondary N) is 1. The molecule has 0 saturated carbocycles. The van der Waals surface area contributed by atoms with Crippen molar-refractivity contribution in [2.75, 3.05) is 7.11 Å². The van der Waals surface area contributed by atoms with E-state index in [9.17, 15) is 4.79 Å². The number of aromatic nitrogens is 1. The number of amides is 1. The maximum absolute atomic E-state index is 12.9. The van der Waals surface area contributed by atoms with Crippen LogP contribution >= 0.6 is 11.8 Å². The minimum Gasteiger partial charge on any atom is -0.497 e. The molecular weight excluding hydrogens is 446 g/mol. The average molecular weight is 470 g/mol. The van der Waals surface area contributed by atoms with Crippen molar-refractivity contribution in [1.82, 2.24) is 9.58 Å². The topological polar surface area (TPSA) is 83.0 Å². The fourth-order valence-corrected chi connectivity index (χ4v) is 4.99. The van der Waals surface area contributed by atoms with Gasteiger partial charge in [0.25, 0.3) is 5.91 Å². The van der Waals surface area contributed by atoms with Crippen molar-refractivity contribution in [2.45, 2.75) is 20.8 Å². The summed E-state index contributed by atoms with van der Waals surface area (Å²) in [5, 5.41) is 15.9. The van der Waals surface area contributed by atoms with E-state index >= 15 is 0 Å². The SMILES string of the molecule is COc1ccc(-n2c(C)cc(/C=C3\C(=N)N4N=C(c5cccc(C)c5)SC4=NC3=O)c2C)cc1. The lowest BCUT2D eigenvalue weighted by Gasteiger charge is -2.20. The van der Waals surface area contributed by atoms with Crippen LogP contribution in [0.2, 0.25) is 0 Å². The molecule has 0 fully saturated rings. The molecule has 0 atom stereocenters. The van der Waals surface area contributed by atoms with Gasteiger partial charge < -0.3 is 9.30 Å². The Morgan fingerprint density at radius 2 is 1.82 bits per heavy atom. The van der Waals surface area contributed by atoms with E-state index in [-0.39, 0.29) is 11.4 Å². The monoisotopic (exact) mass is 469 g/mol. The molecule has 34 heavy (non-hydrogen) atoms. The van der Waals surface area contributed by atoms with E-state index in [0.717, 1.165) is 44.6 Å². The van der Waals surface area contributed by atoms with Gasteiger partial charge in [-0.1, -0.05) is 23.8 Å². The summed E-state index contributed by atoms with van der Waals surface area (Å²) >= 11 is 1.30. The maximum Gasteiger partial charge on any atom is 0.283 e. The molecule has 0 aliphatic carbocycles. The van der Waals surface area contributed by atoms with E-state index < -0.39 is 5.91 Å². The Labute approximate surface area is 202 Å². The molecule has 8 heteroatoms. The molecule has 0 bridgehead atoms. The number of nitrogens with zero attached hydrogens (tertiary/aromatic N) is 4. The van der Waals surface area contributed by atoms with Gasteiger partial charge >= 0.3 is 0 Å². The quantitative estimate of drug-likeness (QED) is 0.540. The van der Waals surface area contributed by atoms with Crippen LogP contribution in [0.4, 0.5) is 0 Å². The number of hydrogen-bond acceptors (Lipinski definition) is 5. The molecule has 0 saturated heterocycles. The number of fused-ring (bicyclic) bond motifs is 1. The number of carbonyl (C=O) groups excluding carboxylic acids is 1. The smallest absolute Gasteiger partial charge is 0.283 e. The van der Waals surface area contributed by atoms with Crippen molar-refractivity contribution in [3.05, 3.63) is 88.2 Å². The largest absolute Gasteiger partial charge is 0.497 e. The Morgan fingerprint density at radius 3 is 2.53 bits per heavy atom. The Balaban J connectivity index is 1.49. The first-order valence-corrected chi connectivity index (χ1v) is 11.6. The maximum atomic E-state index is 12.9. The van der Waals surface area contributed by atoms with Crippen LogP contribution in [0.5, 0.6) is 5.75 Å². The molecule has 170 valence electrons. The molecule has 0 spiro atoms. The highest BCUT2D eigenvalue weighted by Crippen LogP contribution is 2.32. The molecule has 5 rings (SSSR count). The lowest BCUT2D eigenvalue weighted by atomic mass is 10.1. The van der Waals surface area contributed by atoms with Crippen LogP contribution in [0.3, 0.4) is 0 Å². The zero-order valence-corrected chi connectivity index (χ0v) is 20.1. The molecule has 1 N–H and O–H groups in total. The zero-order chi connectivity index (χ0) is 24.0. The Kier molecular flexibility index (Phi) is 5.45. The van der Waals surface area contributed by atoms with E-state index in [4.69, 9.17) is 10.1 Å². The lowest BCUT2D eigenvalue weighted by molar-refractivity contribution is -0.114. The molecule has 2 aliphatic rings. The number of rotatable bonds is 4. The van der Waals surface area contributed by atoms with E-state index in [1.54, 1.807) is 13.2 Å². The number of carbonyl (C=O) groups is 1. The second-order valence-corrected chi connectivity index (χ2v) is 9.11. The Hall–Kier alpha value is -3.91. The fraction of sp³-hybridized carbons (Fsp3) is 0.154. The van der Waals surface area contributed by atoms with Crippen LogP contribution < -0.4 is 4.74 Å². The number of aryl methyl sites for hydroxylation is 2. The molecule has 0 unspecified atom stereocenters. The van der Waals surface area contributed by atoms with Gasteiger partial charge in [0.2, 0.25) is 5.17 Å². The highest BCUT2D eigenvalue weighted by Gasteiger charge is 2.36. The predicted molar refractivity (Wildman–Crippen MR) is 137 cm³/mol. The summed E-state index contributed by atoms with van der Waals surface area (Å²) in [7, 11) is 1.64. The number of methoxy groups -OCH3 is 1. The molecule has 3 aromatic rings. The summed E-state index contributed by atoms with van der Waals surface area (Å²) in [6.45, 7) is 6.03. The molecule has 0 radical (unpaired) electrons. The van der Waals surface area contributed by atoms with Gasteiger partial charge in [-0.15, -0.1) is 0 Å². The van der Waals surface area contributed by atoms with Crippen LogP contribution in [-0.2, 0) is 4.79 Å². The van der Waals surface area contributed by atoms with E-state index in [1.165, 1.54) is 16.8 Å². The van der Waals surface area contributed by atoms with Crippen molar-refractivity contribution in [3.63, 3.8) is 0 Å². The first-order chi connectivity index (χ1) is 16.4. The third kappa shape index (κ3) is 3.76. The molecule has 1 aromatic heterocycles. The van der Waals surface area contributed by atoms with Gasteiger partial charge in [-0.25, -0.2) is 0 Å². The van der Waals surface area contributed by atoms with Gasteiger partial charge in [0.15, 0.2) is 5.84 Å². The third-order valence-electron chi connectivity index (χ3n) is 5.82. The summed E-state index contributed by atoms with van der Waals surface area (Å²) in [6, 6.07) is 17.8. The number of amidine groups is 2. The van der Waals surface area contributed by atoms with Gasteiger partial charge in [0.05, 0.1) is 12.7 Å². The number of aliphatic imine (C=N–C) groups is 1. The first-order valence-electron chi connectivity index (χ1n) is 10.8. The van der Waals surface area contributed by atoms with Crippen molar-refractivity contribution >= 4 is 39.8 Å². The van der Waals surface area contributed by atoms with E-state index in [2.05, 4.69) is 14.7 Å². The summed E-state index contributed by atoms with van der Waals surface area (Å²) in [5.74, 6) is 0.385. The Morgan fingerprint density at radius 1 is 1.06 bits per heavy atom. The van der Waals surface area contributed by atoms with Gasteiger partial charge in [-0.05, 0) is 80.6 Å². The molecular formula is C26H23N5O2S. The standard InChI is InChI=1S/C26H23N5O2S/c1-15-6-5-7-18(12-15)25-29-31-23(27)22(24(32)28-26(31)34-25)14-19-13-16(2)30(17(19)3)20-8-10-21(33-4)11-9-20/h5-14,27H,1-4H3/b22-14+,27-23?. The van der Waals surface area contributed by atoms with Crippen molar-refractivity contribution in [1.29, 1.82) is 5.41 Å². The number of ether oxygens (including phenoxy) is 1. The minimum atomic E-state index is -0.432. The molecule has 7 nitrogen and oxygen atoms in total. The van der Waals surface area contributed by atoms with Crippen molar-refractivity contribution in [3.8, 4) is 11.4 Å². The van der Waals surface area contributed by atoms with Crippen LogP contribution in [0.15, 0.2) is 70.3 Å². The fourth-order valence-electron chi connectivity index (χ4n) is 4.10. The predicted octanol–water partition coefficient (Wildman–Crippen LogP) is 5.08. The van der Waals surface area contributed by atoms with Gasteiger partial charge in [0, 0.05) is 22.6 Å². The summed E-state index contributed by atoms with van der Waals surface area (Å²) in [6.07, 6.45) is 1.73. The Bertz CT molecular complexity index is 1430. The van der Waals surface area contributed by atoms with Gasteiger partial charge in [-0.2, -0.15) is 15.1 Å². The van der Waals surface area contributed by atoms with Crippen molar-refractivity contribution < 1.29 is 9.53 Å². The highest BCUT2D eigenvalue weighted by atomic mass is 32.2. The normalized spacial score (nSPS) is 16.6. The number of thioether (sulfide) groups is 1. The van der Waals surface area contributed by atoms with E-state index in [1.807, 2.05) is 75.4 Å². The summed E-state index contributed by atoms with van der Waals surface area (Å²) < 4.78 is 7.37. The first kappa shape index (κ1) is 21.9. The van der Waals surface area contributed by atoms with Gasteiger partial charge in [-0.3, -0.25) is 10.2 Å². The second-order valence-electron chi connectivity index (χ2n) is 8.15. The lowest BCUT2D eigenvalue weighted by Crippen LogP contribution is -2.35. The third-order valence-corrected chi connectivity index (χ3v) is 6.78. The van der Waals surface area contributed by atoms with Crippen LogP contribution in [-0.4, -0.2) is 38.6 Å². The van der Waals surface area contributed by atoms with Crippen LogP contribution in [0.25, 0.3) is 11.8 Å².